The Labute approximate surface area is 109 Å². The molecule has 0 bridgehead atoms. The molecule has 19 heavy (non-hydrogen) atoms. The average molecular weight is 268 g/mol. The second-order valence-corrected chi connectivity index (χ2v) is 4.74. The van der Waals surface area contributed by atoms with E-state index < -0.39 is 35.2 Å². The molecule has 1 unspecified atom stereocenters. The van der Waals surface area contributed by atoms with Gasteiger partial charge in [0.05, 0.1) is 6.54 Å². The SMILES string of the molecule is CC(C)C1C(=O)NCC(=O)N1c1c(F)cccc1F. The highest BCUT2D eigenvalue weighted by Gasteiger charge is 2.39. The Morgan fingerprint density at radius 3 is 2.37 bits per heavy atom. The highest BCUT2D eigenvalue weighted by Crippen LogP contribution is 2.29. The van der Waals surface area contributed by atoms with Crippen molar-refractivity contribution in [1.29, 1.82) is 0 Å². The number of carbonyl (C=O) groups excluding carboxylic acids is 2. The van der Waals surface area contributed by atoms with E-state index in [-0.39, 0.29) is 12.5 Å². The molecule has 2 amide bonds. The number of para-hydroxylation sites is 1. The van der Waals surface area contributed by atoms with Crippen LogP contribution in [0.4, 0.5) is 14.5 Å². The summed E-state index contributed by atoms with van der Waals surface area (Å²) in [5, 5.41) is 2.43. The Morgan fingerprint density at radius 2 is 1.84 bits per heavy atom. The zero-order chi connectivity index (χ0) is 14.2. The number of nitrogens with zero attached hydrogens (tertiary/aromatic N) is 1. The molecule has 0 spiro atoms. The van der Waals surface area contributed by atoms with Crippen LogP contribution in [0, 0.1) is 17.6 Å². The minimum atomic E-state index is -0.910. The van der Waals surface area contributed by atoms with E-state index >= 15 is 0 Å². The summed E-state index contributed by atoms with van der Waals surface area (Å²) >= 11 is 0. The minimum absolute atomic E-state index is 0.254. The van der Waals surface area contributed by atoms with Gasteiger partial charge in [-0.05, 0) is 18.1 Å². The van der Waals surface area contributed by atoms with Gasteiger partial charge in [0.2, 0.25) is 11.8 Å². The molecule has 1 heterocycles. The molecule has 0 radical (unpaired) electrons. The van der Waals surface area contributed by atoms with Gasteiger partial charge in [-0.25, -0.2) is 8.78 Å². The van der Waals surface area contributed by atoms with Crippen LogP contribution in [0.15, 0.2) is 18.2 Å². The maximum Gasteiger partial charge on any atom is 0.247 e. The molecule has 1 aliphatic rings. The molecule has 0 aromatic heterocycles. The van der Waals surface area contributed by atoms with Crippen LogP contribution in [0.5, 0.6) is 0 Å². The predicted octanol–water partition coefficient (Wildman–Crippen LogP) is 1.45. The number of halogens is 2. The van der Waals surface area contributed by atoms with Crippen LogP contribution >= 0.6 is 0 Å². The van der Waals surface area contributed by atoms with Gasteiger partial charge in [0.1, 0.15) is 23.4 Å². The number of anilines is 1. The van der Waals surface area contributed by atoms with Crippen molar-refractivity contribution in [3.63, 3.8) is 0 Å². The number of nitrogens with one attached hydrogen (secondary N) is 1. The van der Waals surface area contributed by atoms with Gasteiger partial charge in [0.25, 0.3) is 0 Å². The summed E-state index contributed by atoms with van der Waals surface area (Å²) in [6.45, 7) is 3.18. The van der Waals surface area contributed by atoms with E-state index in [1.807, 2.05) is 0 Å². The van der Waals surface area contributed by atoms with Crippen LogP contribution < -0.4 is 10.2 Å². The van der Waals surface area contributed by atoms with Crippen LogP contribution in [-0.2, 0) is 9.59 Å². The fourth-order valence-electron chi connectivity index (χ4n) is 2.21. The largest absolute Gasteiger partial charge is 0.345 e. The van der Waals surface area contributed by atoms with Crippen LogP contribution in [0.2, 0.25) is 0 Å². The maximum atomic E-state index is 13.8. The third-order valence-electron chi connectivity index (χ3n) is 3.04. The van der Waals surface area contributed by atoms with E-state index in [1.165, 1.54) is 6.07 Å². The Morgan fingerprint density at radius 1 is 1.26 bits per heavy atom. The average Bonchev–Trinajstić information content (AvgIpc) is 2.32. The summed E-state index contributed by atoms with van der Waals surface area (Å²) in [4.78, 5) is 24.7. The highest BCUT2D eigenvalue weighted by molar-refractivity contribution is 6.06. The first-order chi connectivity index (χ1) is 8.93. The number of carbonyl (C=O) groups is 2. The van der Waals surface area contributed by atoms with Crippen molar-refractivity contribution < 1.29 is 18.4 Å². The zero-order valence-electron chi connectivity index (χ0n) is 10.6. The van der Waals surface area contributed by atoms with E-state index in [0.717, 1.165) is 17.0 Å². The smallest absolute Gasteiger partial charge is 0.247 e. The lowest BCUT2D eigenvalue weighted by Crippen LogP contribution is -2.61. The molecule has 1 atom stereocenters. The first-order valence-electron chi connectivity index (χ1n) is 5.97. The predicted molar refractivity (Wildman–Crippen MR) is 65.5 cm³/mol. The van der Waals surface area contributed by atoms with Gasteiger partial charge in [0.15, 0.2) is 0 Å². The third-order valence-corrected chi connectivity index (χ3v) is 3.04. The Hall–Kier alpha value is -1.98. The molecule has 2 rings (SSSR count). The van der Waals surface area contributed by atoms with Crippen LogP contribution in [0.3, 0.4) is 0 Å². The molecule has 1 aliphatic heterocycles. The number of amides is 2. The van der Waals surface area contributed by atoms with Crippen molar-refractivity contribution in [3.05, 3.63) is 29.8 Å². The van der Waals surface area contributed by atoms with Gasteiger partial charge < -0.3 is 5.32 Å². The number of hydrogen-bond acceptors (Lipinski definition) is 2. The molecule has 6 heteroatoms. The zero-order valence-corrected chi connectivity index (χ0v) is 10.6. The molecule has 1 N–H and O–H groups in total. The van der Waals surface area contributed by atoms with Gasteiger partial charge in [-0.15, -0.1) is 0 Å². The number of rotatable bonds is 2. The van der Waals surface area contributed by atoms with E-state index in [9.17, 15) is 18.4 Å². The first-order valence-corrected chi connectivity index (χ1v) is 5.97. The lowest BCUT2D eigenvalue weighted by atomic mass is 9.98. The standard InChI is InChI=1S/C13H14F2N2O2/c1-7(2)11-13(19)16-6-10(18)17(11)12-8(14)4-3-5-9(12)15/h3-5,7,11H,6H2,1-2H3,(H,16,19). The Balaban J connectivity index is 2.55. The molecule has 1 aromatic carbocycles. The van der Waals surface area contributed by atoms with E-state index in [1.54, 1.807) is 13.8 Å². The van der Waals surface area contributed by atoms with E-state index in [0.29, 0.717) is 0 Å². The molecule has 1 saturated heterocycles. The van der Waals surface area contributed by atoms with E-state index in [2.05, 4.69) is 5.32 Å². The monoisotopic (exact) mass is 268 g/mol. The van der Waals surface area contributed by atoms with Gasteiger partial charge in [-0.3, -0.25) is 14.5 Å². The quantitative estimate of drug-likeness (QED) is 0.882. The molecular weight excluding hydrogens is 254 g/mol. The Bertz CT molecular complexity index is 511. The number of piperazine rings is 1. The molecule has 102 valence electrons. The van der Waals surface area contributed by atoms with Crippen molar-refractivity contribution in [3.8, 4) is 0 Å². The second kappa shape index (κ2) is 4.95. The van der Waals surface area contributed by atoms with Crippen molar-refractivity contribution in [2.24, 2.45) is 5.92 Å². The van der Waals surface area contributed by atoms with Crippen molar-refractivity contribution in [2.75, 3.05) is 11.4 Å². The lowest BCUT2D eigenvalue weighted by molar-refractivity contribution is -0.132. The van der Waals surface area contributed by atoms with Crippen molar-refractivity contribution >= 4 is 17.5 Å². The lowest BCUT2D eigenvalue weighted by Gasteiger charge is -2.37. The molecule has 1 aromatic rings. The molecular formula is C13H14F2N2O2. The second-order valence-electron chi connectivity index (χ2n) is 4.74. The maximum absolute atomic E-state index is 13.8. The fourth-order valence-corrected chi connectivity index (χ4v) is 2.21. The molecule has 0 saturated carbocycles. The van der Waals surface area contributed by atoms with Crippen molar-refractivity contribution in [1.82, 2.24) is 5.32 Å². The molecule has 0 aliphatic carbocycles. The number of benzene rings is 1. The summed E-state index contributed by atoms with van der Waals surface area (Å²) < 4.78 is 27.6. The first kappa shape index (κ1) is 13.5. The van der Waals surface area contributed by atoms with Crippen LogP contribution in [0.1, 0.15) is 13.8 Å². The fraction of sp³-hybridized carbons (Fsp3) is 0.385. The summed E-state index contributed by atoms with van der Waals surface area (Å²) in [6, 6.07) is 2.44. The molecule has 1 fully saturated rings. The van der Waals surface area contributed by atoms with Crippen LogP contribution in [0.25, 0.3) is 0 Å². The van der Waals surface area contributed by atoms with Gasteiger partial charge in [0, 0.05) is 0 Å². The van der Waals surface area contributed by atoms with Gasteiger partial charge in [-0.2, -0.15) is 0 Å². The Kier molecular flexibility index (Phi) is 3.50. The third kappa shape index (κ3) is 2.30. The van der Waals surface area contributed by atoms with Crippen LogP contribution in [-0.4, -0.2) is 24.4 Å². The minimum Gasteiger partial charge on any atom is -0.345 e. The normalized spacial score (nSPS) is 19.8. The van der Waals surface area contributed by atoms with Gasteiger partial charge >= 0.3 is 0 Å². The highest BCUT2D eigenvalue weighted by atomic mass is 19.1. The van der Waals surface area contributed by atoms with Crippen molar-refractivity contribution in [2.45, 2.75) is 19.9 Å². The number of hydrogen-bond donors (Lipinski definition) is 1. The molecule has 4 nitrogen and oxygen atoms in total. The summed E-state index contributed by atoms with van der Waals surface area (Å²) in [5.74, 6) is -2.90. The van der Waals surface area contributed by atoms with E-state index in [4.69, 9.17) is 0 Å². The summed E-state index contributed by atoms with van der Waals surface area (Å²) in [7, 11) is 0. The summed E-state index contributed by atoms with van der Waals surface area (Å²) in [5.41, 5.74) is -0.457. The topological polar surface area (TPSA) is 49.4 Å². The van der Waals surface area contributed by atoms with Gasteiger partial charge in [-0.1, -0.05) is 19.9 Å². The summed E-state index contributed by atoms with van der Waals surface area (Å²) in [6.07, 6.45) is 0.